The Morgan fingerprint density at radius 1 is 1.36 bits per heavy atom. The van der Waals surface area contributed by atoms with Crippen molar-refractivity contribution in [3.8, 4) is 0 Å². The molecule has 4 rings (SSSR count). The molecule has 0 radical (unpaired) electrons. The second-order valence-corrected chi connectivity index (χ2v) is 7.71. The van der Waals surface area contributed by atoms with Gasteiger partial charge >= 0.3 is 6.09 Å². The lowest BCUT2D eigenvalue weighted by Crippen LogP contribution is -2.54. The molecule has 3 aliphatic rings. The zero-order valence-corrected chi connectivity index (χ0v) is 14.7. The van der Waals surface area contributed by atoms with Crippen molar-refractivity contribution in [1.29, 1.82) is 0 Å². The van der Waals surface area contributed by atoms with E-state index in [1.807, 2.05) is 37.9 Å². The monoisotopic (exact) mass is 345 g/mol. The number of fused-ring (bicyclic) bond motifs is 5. The number of pyridine rings is 1. The van der Waals surface area contributed by atoms with Crippen molar-refractivity contribution in [2.75, 3.05) is 6.54 Å². The maximum absolute atomic E-state index is 12.4. The minimum atomic E-state index is -0.548. The van der Waals surface area contributed by atoms with Crippen molar-refractivity contribution >= 4 is 6.09 Å². The van der Waals surface area contributed by atoms with Crippen molar-refractivity contribution in [2.24, 2.45) is 10.3 Å². The van der Waals surface area contributed by atoms with Crippen LogP contribution in [0.25, 0.3) is 0 Å². The van der Waals surface area contributed by atoms with Gasteiger partial charge in [-0.2, -0.15) is 10.2 Å². The Labute approximate surface area is 146 Å². The van der Waals surface area contributed by atoms with E-state index >= 15 is 0 Å². The normalized spacial score (nSPS) is 30.0. The first kappa shape index (κ1) is 16.3. The molecule has 1 aromatic heterocycles. The summed E-state index contributed by atoms with van der Waals surface area (Å²) >= 11 is 0. The van der Waals surface area contributed by atoms with Gasteiger partial charge in [-0.05, 0) is 44.9 Å². The van der Waals surface area contributed by atoms with E-state index in [0.29, 0.717) is 0 Å². The average molecular weight is 345 g/mol. The van der Waals surface area contributed by atoms with Gasteiger partial charge in [-0.15, -0.1) is 0 Å². The molecule has 8 nitrogen and oxygen atoms in total. The Kier molecular flexibility index (Phi) is 3.87. The molecule has 1 saturated carbocycles. The molecule has 0 N–H and O–H groups in total. The topological polar surface area (TPSA) is 79.6 Å². The van der Waals surface area contributed by atoms with Crippen LogP contribution in [-0.4, -0.2) is 57.5 Å². The minimum Gasteiger partial charge on any atom is -0.442 e. The van der Waals surface area contributed by atoms with Crippen LogP contribution in [0.2, 0.25) is 0 Å². The second-order valence-electron chi connectivity index (χ2n) is 7.71. The highest BCUT2D eigenvalue weighted by molar-refractivity contribution is 5.68. The molecule has 0 spiro atoms. The van der Waals surface area contributed by atoms with Crippen molar-refractivity contribution in [1.82, 2.24) is 15.1 Å². The van der Waals surface area contributed by atoms with Crippen molar-refractivity contribution < 1.29 is 14.4 Å². The van der Waals surface area contributed by atoms with Crippen molar-refractivity contribution in [3.05, 3.63) is 30.1 Å². The fourth-order valence-corrected chi connectivity index (χ4v) is 3.70. The number of hydrogen-bond donors (Lipinski definition) is 0. The molecule has 0 aromatic carbocycles. The quantitative estimate of drug-likeness (QED) is 0.840. The summed E-state index contributed by atoms with van der Waals surface area (Å²) in [6.07, 6.45) is 4.68. The van der Waals surface area contributed by atoms with Gasteiger partial charge in [-0.3, -0.25) is 14.8 Å². The highest BCUT2D eigenvalue weighted by Crippen LogP contribution is 2.43. The number of rotatable bonds is 3. The molecule has 2 bridgehead atoms. The number of hydrogen-bond acceptors (Lipinski definition) is 7. The van der Waals surface area contributed by atoms with Gasteiger partial charge in [-0.25, -0.2) is 4.79 Å². The summed E-state index contributed by atoms with van der Waals surface area (Å²) in [4.78, 5) is 22.2. The van der Waals surface area contributed by atoms with E-state index in [1.54, 1.807) is 12.4 Å². The highest BCUT2D eigenvalue weighted by Gasteiger charge is 2.60. The maximum Gasteiger partial charge on any atom is 0.434 e. The summed E-state index contributed by atoms with van der Waals surface area (Å²) in [5.41, 5.74) is 0.657. The molecule has 2 aliphatic heterocycles. The van der Waals surface area contributed by atoms with E-state index in [2.05, 4.69) is 15.3 Å². The number of nitrogens with zero attached hydrogens (tertiary/aromatic N) is 5. The Bertz CT molecular complexity index is 675. The largest absolute Gasteiger partial charge is 0.442 e. The maximum atomic E-state index is 12.4. The van der Waals surface area contributed by atoms with Crippen LogP contribution >= 0.6 is 0 Å². The van der Waals surface area contributed by atoms with E-state index in [0.717, 1.165) is 19.4 Å². The Morgan fingerprint density at radius 3 is 2.84 bits per heavy atom. The number of carbonyl (C=O) groups excluding carboxylic acids is 1. The zero-order chi connectivity index (χ0) is 17.6. The van der Waals surface area contributed by atoms with Gasteiger partial charge in [0.1, 0.15) is 17.7 Å². The van der Waals surface area contributed by atoms with Crippen LogP contribution in [0.1, 0.15) is 32.8 Å². The fraction of sp³-hybridized carbons (Fsp3) is 0.647. The lowest BCUT2D eigenvalue weighted by Gasteiger charge is -2.36. The van der Waals surface area contributed by atoms with E-state index in [-0.39, 0.29) is 24.2 Å². The standard InChI is InChI=1S/C17H23N5O3/c1-17(2,3)24-16(23)22-12-10-13(25-22)14-15(12)21(20-19-14)9-6-11-4-7-18-8-5-11/h4-5,7-8,12-15H,6,9-10H2,1-3H3/t12-,13-,14+,15+/m0/s1. The van der Waals surface area contributed by atoms with Gasteiger partial charge in [0.15, 0.2) is 0 Å². The molecule has 4 atom stereocenters. The molecule has 1 aliphatic carbocycles. The summed E-state index contributed by atoms with van der Waals surface area (Å²) < 4.78 is 5.46. The number of amides is 1. The SMILES string of the molecule is CC(C)(C)OC(=O)N1O[C@H]2C[C@H]1[C@@H]1[C@@H]2N=NN1CCc1ccncc1. The van der Waals surface area contributed by atoms with Crippen molar-refractivity contribution in [2.45, 2.75) is 63.4 Å². The first-order chi connectivity index (χ1) is 11.9. The van der Waals surface area contributed by atoms with Gasteiger partial charge in [0.25, 0.3) is 0 Å². The molecule has 25 heavy (non-hydrogen) atoms. The molecular formula is C17H23N5O3. The van der Waals surface area contributed by atoms with Crippen LogP contribution in [0.3, 0.4) is 0 Å². The molecule has 134 valence electrons. The van der Waals surface area contributed by atoms with E-state index in [4.69, 9.17) is 9.57 Å². The van der Waals surface area contributed by atoms with E-state index in [1.165, 1.54) is 10.6 Å². The Morgan fingerprint density at radius 2 is 2.12 bits per heavy atom. The fourth-order valence-electron chi connectivity index (χ4n) is 3.70. The average Bonchev–Trinajstić information content (AvgIpc) is 3.24. The second kappa shape index (κ2) is 5.94. The lowest BCUT2D eigenvalue weighted by molar-refractivity contribution is -0.185. The van der Waals surface area contributed by atoms with E-state index in [9.17, 15) is 4.79 Å². The molecule has 1 amide bonds. The van der Waals surface area contributed by atoms with Crippen LogP contribution < -0.4 is 0 Å². The first-order valence-electron chi connectivity index (χ1n) is 8.68. The molecule has 2 fully saturated rings. The number of aromatic nitrogens is 1. The molecular weight excluding hydrogens is 322 g/mol. The number of hydroxylamine groups is 2. The van der Waals surface area contributed by atoms with Crippen LogP contribution in [0, 0.1) is 0 Å². The van der Waals surface area contributed by atoms with Crippen molar-refractivity contribution in [3.63, 3.8) is 0 Å². The smallest absolute Gasteiger partial charge is 0.434 e. The van der Waals surface area contributed by atoms with Crippen LogP contribution in [-0.2, 0) is 16.0 Å². The highest BCUT2D eigenvalue weighted by atomic mass is 16.7. The third-order valence-electron chi connectivity index (χ3n) is 4.75. The Balaban J connectivity index is 1.42. The van der Waals surface area contributed by atoms with Gasteiger partial charge in [0, 0.05) is 25.4 Å². The van der Waals surface area contributed by atoms with Gasteiger partial charge in [0.05, 0.1) is 12.1 Å². The van der Waals surface area contributed by atoms with Crippen LogP contribution in [0.5, 0.6) is 0 Å². The molecule has 0 unspecified atom stereocenters. The first-order valence-corrected chi connectivity index (χ1v) is 8.68. The lowest BCUT2D eigenvalue weighted by atomic mass is 10.1. The molecule has 3 heterocycles. The summed E-state index contributed by atoms with van der Waals surface area (Å²) in [6, 6.07) is 4.00. The predicted molar refractivity (Wildman–Crippen MR) is 88.4 cm³/mol. The summed E-state index contributed by atoms with van der Waals surface area (Å²) in [5.74, 6) is 0. The Hall–Kier alpha value is -2.22. The van der Waals surface area contributed by atoms with E-state index < -0.39 is 11.7 Å². The summed E-state index contributed by atoms with van der Waals surface area (Å²) in [7, 11) is 0. The molecule has 1 saturated heterocycles. The third-order valence-corrected chi connectivity index (χ3v) is 4.75. The molecule has 8 heteroatoms. The number of ether oxygens (including phenoxy) is 1. The van der Waals surface area contributed by atoms with Gasteiger partial charge in [0.2, 0.25) is 0 Å². The summed E-state index contributed by atoms with van der Waals surface area (Å²) in [6.45, 7) is 6.30. The third kappa shape index (κ3) is 3.06. The zero-order valence-electron chi connectivity index (χ0n) is 14.7. The minimum absolute atomic E-state index is 0.00104. The van der Waals surface area contributed by atoms with Gasteiger partial charge in [-0.1, -0.05) is 5.22 Å². The number of carbonyl (C=O) groups is 1. The summed E-state index contributed by atoms with van der Waals surface area (Å²) in [5, 5.41) is 12.1. The predicted octanol–water partition coefficient (Wildman–Crippen LogP) is 2.37. The molecule has 1 aromatic rings. The van der Waals surface area contributed by atoms with Crippen LogP contribution in [0.15, 0.2) is 34.9 Å². The van der Waals surface area contributed by atoms with Gasteiger partial charge < -0.3 is 4.74 Å². The van der Waals surface area contributed by atoms with Crippen LogP contribution in [0.4, 0.5) is 4.79 Å².